The highest BCUT2D eigenvalue weighted by Crippen LogP contribution is 2.44. The molecule has 1 amide bonds. The molecule has 4 rings (SSSR count). The standard InChI is InChI=1S/C25H24N4O4/c26-12-15-11-16(13-29-24(15)27)23(31)22(30)9-10-28-25(32)33-14-21-19-7-3-1-5-17(19)18-6-2-4-8-20(18)21/h1-8,11,13,21-23,30-31H,9-10,14H2,(H2,27,29)(H,28,32). The Bertz CT molecular complexity index is 1160. The Balaban J connectivity index is 1.29. The number of rotatable bonds is 7. The van der Waals surface area contributed by atoms with E-state index in [-0.39, 0.29) is 42.4 Å². The first-order chi connectivity index (χ1) is 16.0. The maximum atomic E-state index is 12.2. The largest absolute Gasteiger partial charge is 0.449 e. The highest BCUT2D eigenvalue weighted by atomic mass is 16.5. The number of alkyl carbamates (subject to hydrolysis) is 1. The predicted molar refractivity (Wildman–Crippen MR) is 122 cm³/mol. The van der Waals surface area contributed by atoms with Crippen LogP contribution in [0.2, 0.25) is 0 Å². The van der Waals surface area contributed by atoms with Gasteiger partial charge >= 0.3 is 6.09 Å². The fourth-order valence-corrected chi connectivity index (χ4v) is 4.09. The summed E-state index contributed by atoms with van der Waals surface area (Å²) in [5.41, 5.74) is 10.5. The van der Waals surface area contributed by atoms with Gasteiger partial charge in [-0.1, -0.05) is 48.5 Å². The molecule has 1 aliphatic carbocycles. The Morgan fingerprint density at radius 2 is 1.79 bits per heavy atom. The van der Waals surface area contributed by atoms with E-state index in [2.05, 4.69) is 22.4 Å². The van der Waals surface area contributed by atoms with E-state index in [1.54, 1.807) is 0 Å². The van der Waals surface area contributed by atoms with Gasteiger partial charge in [0, 0.05) is 24.2 Å². The summed E-state index contributed by atoms with van der Waals surface area (Å²) in [6, 6.07) is 19.4. The number of pyridine rings is 1. The van der Waals surface area contributed by atoms with Crippen LogP contribution >= 0.6 is 0 Å². The summed E-state index contributed by atoms with van der Waals surface area (Å²) in [5, 5.41) is 32.2. The molecular formula is C25H24N4O4. The number of carbonyl (C=O) groups is 1. The zero-order chi connectivity index (χ0) is 23.4. The number of ether oxygens (including phenoxy) is 1. The molecule has 8 nitrogen and oxygen atoms in total. The summed E-state index contributed by atoms with van der Waals surface area (Å²) in [5.74, 6) is 0.0165. The summed E-state index contributed by atoms with van der Waals surface area (Å²) in [4.78, 5) is 16.1. The lowest BCUT2D eigenvalue weighted by atomic mass is 9.98. The molecule has 8 heteroatoms. The molecule has 168 valence electrons. The maximum absolute atomic E-state index is 12.2. The van der Waals surface area contributed by atoms with E-state index >= 15 is 0 Å². The van der Waals surface area contributed by atoms with Crippen molar-refractivity contribution in [1.29, 1.82) is 5.26 Å². The molecule has 0 saturated carbocycles. The Morgan fingerprint density at radius 3 is 2.42 bits per heavy atom. The van der Waals surface area contributed by atoms with Gasteiger partial charge in [0.05, 0.1) is 11.7 Å². The van der Waals surface area contributed by atoms with Crippen molar-refractivity contribution in [3.63, 3.8) is 0 Å². The molecule has 1 aromatic heterocycles. The van der Waals surface area contributed by atoms with Gasteiger partial charge < -0.3 is 26.0 Å². The van der Waals surface area contributed by atoms with Crippen LogP contribution in [0.15, 0.2) is 60.8 Å². The highest BCUT2D eigenvalue weighted by Gasteiger charge is 2.29. The number of aliphatic hydroxyl groups excluding tert-OH is 2. The molecule has 0 aliphatic heterocycles. The van der Waals surface area contributed by atoms with Gasteiger partial charge in [-0.05, 0) is 34.7 Å². The number of aliphatic hydroxyl groups is 2. The van der Waals surface area contributed by atoms with Crippen LogP contribution in [0.1, 0.15) is 40.7 Å². The van der Waals surface area contributed by atoms with Gasteiger partial charge in [0.15, 0.2) is 0 Å². The molecule has 0 saturated heterocycles. The van der Waals surface area contributed by atoms with E-state index in [1.165, 1.54) is 12.3 Å². The summed E-state index contributed by atoms with van der Waals surface area (Å²) in [6.45, 7) is 0.293. The molecule has 2 atom stereocenters. The Labute approximate surface area is 191 Å². The van der Waals surface area contributed by atoms with Crippen molar-refractivity contribution < 1.29 is 19.7 Å². The van der Waals surface area contributed by atoms with Gasteiger partial charge in [-0.3, -0.25) is 0 Å². The second-order valence-corrected chi connectivity index (χ2v) is 7.87. The van der Waals surface area contributed by atoms with Gasteiger partial charge in [0.1, 0.15) is 24.6 Å². The van der Waals surface area contributed by atoms with Crippen molar-refractivity contribution >= 4 is 11.9 Å². The topological polar surface area (TPSA) is 141 Å². The predicted octanol–water partition coefficient (Wildman–Crippen LogP) is 2.86. The van der Waals surface area contributed by atoms with Gasteiger partial charge in [-0.2, -0.15) is 5.26 Å². The number of nitrogens with one attached hydrogen (secondary N) is 1. The lowest BCUT2D eigenvalue weighted by molar-refractivity contribution is 0.0135. The number of carbonyl (C=O) groups excluding carboxylic acids is 1. The van der Waals surface area contributed by atoms with Crippen molar-refractivity contribution in [1.82, 2.24) is 10.3 Å². The van der Waals surface area contributed by atoms with Gasteiger partial charge in [-0.25, -0.2) is 9.78 Å². The third kappa shape index (κ3) is 4.65. The van der Waals surface area contributed by atoms with E-state index in [9.17, 15) is 15.0 Å². The summed E-state index contributed by atoms with van der Waals surface area (Å²) >= 11 is 0. The number of anilines is 1. The van der Waals surface area contributed by atoms with Crippen molar-refractivity contribution in [2.45, 2.75) is 24.5 Å². The summed E-state index contributed by atoms with van der Waals surface area (Å²) < 4.78 is 5.46. The number of benzene rings is 2. The van der Waals surface area contributed by atoms with Crippen LogP contribution < -0.4 is 11.1 Å². The fraction of sp³-hybridized carbons (Fsp3) is 0.240. The van der Waals surface area contributed by atoms with E-state index in [4.69, 9.17) is 15.7 Å². The number of amides is 1. The normalized spacial score (nSPS) is 14.0. The minimum absolute atomic E-state index is 0.0390. The molecule has 5 N–H and O–H groups in total. The molecule has 33 heavy (non-hydrogen) atoms. The fourth-order valence-electron chi connectivity index (χ4n) is 4.09. The number of nitrogens with zero attached hydrogens (tertiary/aromatic N) is 2. The molecule has 0 radical (unpaired) electrons. The number of fused-ring (bicyclic) bond motifs is 3. The first kappa shape index (κ1) is 22.3. The molecule has 1 heterocycles. The Morgan fingerprint density at radius 1 is 1.15 bits per heavy atom. The van der Waals surface area contributed by atoms with Crippen LogP contribution in [0.4, 0.5) is 10.6 Å². The van der Waals surface area contributed by atoms with Crippen LogP contribution in [0.5, 0.6) is 0 Å². The highest BCUT2D eigenvalue weighted by molar-refractivity contribution is 5.79. The zero-order valence-corrected chi connectivity index (χ0v) is 17.8. The van der Waals surface area contributed by atoms with Crippen LogP contribution in [-0.4, -0.2) is 40.5 Å². The minimum Gasteiger partial charge on any atom is -0.449 e. The van der Waals surface area contributed by atoms with Crippen LogP contribution in [0, 0.1) is 11.3 Å². The molecule has 3 aromatic rings. The molecule has 0 spiro atoms. The minimum atomic E-state index is -1.27. The quantitative estimate of drug-likeness (QED) is 0.439. The second kappa shape index (κ2) is 9.69. The zero-order valence-electron chi connectivity index (χ0n) is 17.8. The van der Waals surface area contributed by atoms with Crippen LogP contribution in [0.3, 0.4) is 0 Å². The van der Waals surface area contributed by atoms with E-state index in [0.717, 1.165) is 22.3 Å². The number of hydrogen-bond acceptors (Lipinski definition) is 7. The number of nitrogen functional groups attached to an aromatic ring is 1. The van der Waals surface area contributed by atoms with E-state index < -0.39 is 18.3 Å². The van der Waals surface area contributed by atoms with E-state index in [1.807, 2.05) is 42.5 Å². The molecular weight excluding hydrogens is 420 g/mol. The second-order valence-electron chi connectivity index (χ2n) is 7.87. The van der Waals surface area contributed by atoms with Gasteiger partial charge in [0.2, 0.25) is 0 Å². The summed E-state index contributed by atoms with van der Waals surface area (Å²) in [6.07, 6.45) is -1.65. The molecule has 2 unspecified atom stereocenters. The van der Waals surface area contributed by atoms with E-state index in [0.29, 0.717) is 0 Å². The number of nitrogens with two attached hydrogens (primary N) is 1. The van der Waals surface area contributed by atoms with Crippen LogP contribution in [-0.2, 0) is 4.74 Å². The third-order valence-corrected chi connectivity index (χ3v) is 5.82. The lowest BCUT2D eigenvalue weighted by Crippen LogP contribution is -2.30. The lowest BCUT2D eigenvalue weighted by Gasteiger charge is -2.19. The molecule has 0 bridgehead atoms. The average molecular weight is 444 g/mol. The Kier molecular flexibility index (Phi) is 6.54. The monoisotopic (exact) mass is 444 g/mol. The molecule has 0 fully saturated rings. The van der Waals surface area contributed by atoms with Crippen LogP contribution in [0.25, 0.3) is 11.1 Å². The molecule has 1 aliphatic rings. The average Bonchev–Trinajstić information content (AvgIpc) is 3.16. The van der Waals surface area contributed by atoms with Gasteiger partial charge in [0.25, 0.3) is 0 Å². The summed E-state index contributed by atoms with van der Waals surface area (Å²) in [7, 11) is 0. The number of aromatic nitrogens is 1. The third-order valence-electron chi connectivity index (χ3n) is 5.82. The first-order valence-electron chi connectivity index (χ1n) is 10.6. The van der Waals surface area contributed by atoms with Crippen molar-refractivity contribution in [2.24, 2.45) is 0 Å². The smallest absolute Gasteiger partial charge is 0.407 e. The first-order valence-corrected chi connectivity index (χ1v) is 10.6. The van der Waals surface area contributed by atoms with Crippen molar-refractivity contribution in [3.05, 3.63) is 83.0 Å². The van der Waals surface area contributed by atoms with Crippen molar-refractivity contribution in [2.75, 3.05) is 18.9 Å². The maximum Gasteiger partial charge on any atom is 0.407 e. The SMILES string of the molecule is N#Cc1cc(C(O)C(O)CCNC(=O)OCC2c3ccccc3-c3ccccc32)cnc1N. The van der Waals surface area contributed by atoms with Crippen molar-refractivity contribution in [3.8, 4) is 17.2 Å². The van der Waals surface area contributed by atoms with Gasteiger partial charge in [-0.15, -0.1) is 0 Å². The number of nitriles is 1. The molecule has 2 aromatic carbocycles. The number of hydrogen-bond donors (Lipinski definition) is 4. The Hall–Kier alpha value is -3.93.